The molecule has 1 aliphatic rings. The number of rotatable bonds is 8. The molecule has 2 atom stereocenters. The molecule has 1 fully saturated rings. The van der Waals surface area contributed by atoms with E-state index >= 15 is 0 Å². The maximum Gasteiger partial charge on any atom is 0.228 e. The van der Waals surface area contributed by atoms with Gasteiger partial charge in [-0.05, 0) is 48.4 Å². The highest BCUT2D eigenvalue weighted by molar-refractivity contribution is 5.93. The van der Waals surface area contributed by atoms with E-state index in [1.165, 1.54) is 12.1 Å². The Morgan fingerprint density at radius 1 is 1.03 bits per heavy atom. The minimum Gasteiger partial charge on any atom is -0.497 e. The summed E-state index contributed by atoms with van der Waals surface area (Å²) < 4.78 is 24.6. The monoisotopic (exact) mass is 434 g/mol. The van der Waals surface area contributed by atoms with E-state index in [0.717, 1.165) is 11.3 Å². The average Bonchev–Trinajstić information content (AvgIpc) is 3.25. The van der Waals surface area contributed by atoms with Gasteiger partial charge in [-0.3, -0.25) is 9.69 Å². The summed E-state index contributed by atoms with van der Waals surface area (Å²) in [5, 5.41) is 3.01. The summed E-state index contributed by atoms with van der Waals surface area (Å²) in [7, 11) is 1.60. The second kappa shape index (κ2) is 10.3. The molecule has 166 valence electrons. The van der Waals surface area contributed by atoms with Gasteiger partial charge in [-0.2, -0.15) is 0 Å². The first kappa shape index (κ1) is 21.8. The van der Waals surface area contributed by atoms with Gasteiger partial charge >= 0.3 is 0 Å². The normalized spacial score (nSPS) is 18.3. The Labute approximate surface area is 187 Å². The van der Waals surface area contributed by atoms with Crippen molar-refractivity contribution in [3.8, 4) is 11.5 Å². The van der Waals surface area contributed by atoms with Crippen molar-refractivity contribution in [2.75, 3.05) is 32.1 Å². The molecule has 4 rings (SSSR count). The average molecular weight is 435 g/mol. The minimum absolute atomic E-state index is 0.0241. The molecular weight excluding hydrogens is 407 g/mol. The van der Waals surface area contributed by atoms with E-state index < -0.39 is 0 Å². The first-order valence-corrected chi connectivity index (χ1v) is 10.7. The number of benzene rings is 3. The van der Waals surface area contributed by atoms with Crippen molar-refractivity contribution in [3.05, 3.63) is 90.2 Å². The van der Waals surface area contributed by atoms with Gasteiger partial charge in [0.15, 0.2) is 0 Å². The van der Waals surface area contributed by atoms with Crippen molar-refractivity contribution in [1.82, 2.24) is 4.90 Å². The first-order valence-electron chi connectivity index (χ1n) is 10.7. The van der Waals surface area contributed by atoms with E-state index in [1.807, 2.05) is 48.5 Å². The molecule has 0 spiro atoms. The van der Waals surface area contributed by atoms with Crippen LogP contribution in [0.3, 0.4) is 0 Å². The van der Waals surface area contributed by atoms with Crippen LogP contribution in [-0.4, -0.2) is 37.6 Å². The topological polar surface area (TPSA) is 50.8 Å². The molecule has 0 aromatic heterocycles. The molecular formula is C26H27FN2O3. The highest BCUT2D eigenvalue weighted by Gasteiger charge is 2.36. The number of nitrogens with zero attached hydrogens (tertiary/aromatic N) is 1. The third-order valence-corrected chi connectivity index (χ3v) is 5.76. The molecule has 1 aliphatic heterocycles. The number of likely N-dealkylation sites (tertiary alicyclic amines) is 1. The largest absolute Gasteiger partial charge is 0.497 e. The van der Waals surface area contributed by atoms with Crippen LogP contribution >= 0.6 is 0 Å². The Balaban J connectivity index is 1.44. The second-order valence-electron chi connectivity index (χ2n) is 7.88. The van der Waals surface area contributed by atoms with Gasteiger partial charge in [-0.1, -0.05) is 36.4 Å². The summed E-state index contributed by atoms with van der Waals surface area (Å²) in [6, 6.07) is 23.6. The Morgan fingerprint density at radius 3 is 2.53 bits per heavy atom. The van der Waals surface area contributed by atoms with Gasteiger partial charge in [0.1, 0.15) is 23.9 Å². The molecule has 1 N–H and O–H groups in total. The van der Waals surface area contributed by atoms with Crippen LogP contribution in [0.2, 0.25) is 0 Å². The Bertz CT molecular complexity index is 1030. The van der Waals surface area contributed by atoms with Crippen LogP contribution in [0.4, 0.5) is 10.1 Å². The fourth-order valence-corrected chi connectivity index (χ4v) is 4.11. The van der Waals surface area contributed by atoms with Gasteiger partial charge < -0.3 is 14.8 Å². The highest BCUT2D eigenvalue weighted by Crippen LogP contribution is 2.36. The third-order valence-electron chi connectivity index (χ3n) is 5.76. The van der Waals surface area contributed by atoms with Crippen LogP contribution in [0, 0.1) is 11.7 Å². The van der Waals surface area contributed by atoms with E-state index in [-0.39, 0.29) is 23.7 Å². The standard InChI is InChI=1S/C26H27FN2O3/c1-31-24-9-5-6-22(17-24)28-26(30)20-16-25(19-10-12-21(27)13-11-19)29(18-20)14-15-32-23-7-3-2-4-8-23/h2-13,17,20,25H,14-16,18H2,1H3,(H,28,30)/t20-,25+/m1/s1. The number of methoxy groups -OCH3 is 1. The predicted molar refractivity (Wildman–Crippen MR) is 122 cm³/mol. The number of halogens is 1. The van der Waals surface area contributed by atoms with Crippen molar-refractivity contribution in [1.29, 1.82) is 0 Å². The summed E-state index contributed by atoms with van der Waals surface area (Å²) in [5.74, 6) is 1.03. The number of carbonyl (C=O) groups excluding carboxylic acids is 1. The summed E-state index contributed by atoms with van der Waals surface area (Å²) in [6.07, 6.45) is 0.659. The summed E-state index contributed by atoms with van der Waals surface area (Å²) in [5.41, 5.74) is 1.71. The van der Waals surface area contributed by atoms with E-state index in [2.05, 4.69) is 10.2 Å². The number of amides is 1. The van der Waals surface area contributed by atoms with E-state index in [9.17, 15) is 9.18 Å². The number of nitrogens with one attached hydrogen (secondary N) is 1. The molecule has 0 unspecified atom stereocenters. The molecule has 0 saturated carbocycles. The van der Waals surface area contributed by atoms with Crippen LogP contribution < -0.4 is 14.8 Å². The molecule has 1 heterocycles. The van der Waals surface area contributed by atoms with Gasteiger partial charge in [-0.15, -0.1) is 0 Å². The van der Waals surface area contributed by atoms with Crippen molar-refractivity contribution in [3.63, 3.8) is 0 Å². The number of para-hydroxylation sites is 1. The van der Waals surface area contributed by atoms with Crippen molar-refractivity contribution in [2.24, 2.45) is 5.92 Å². The summed E-state index contributed by atoms with van der Waals surface area (Å²) >= 11 is 0. The second-order valence-corrected chi connectivity index (χ2v) is 7.88. The Kier molecular flexibility index (Phi) is 7.02. The zero-order chi connectivity index (χ0) is 22.3. The fraction of sp³-hybridized carbons (Fsp3) is 0.269. The lowest BCUT2D eigenvalue weighted by atomic mass is 9.99. The zero-order valence-electron chi connectivity index (χ0n) is 18.0. The summed E-state index contributed by atoms with van der Waals surface area (Å²) in [6.45, 7) is 1.78. The van der Waals surface area contributed by atoms with Gasteiger partial charge in [0, 0.05) is 30.9 Å². The number of carbonyl (C=O) groups is 1. The molecule has 32 heavy (non-hydrogen) atoms. The van der Waals surface area contributed by atoms with Crippen molar-refractivity contribution in [2.45, 2.75) is 12.5 Å². The minimum atomic E-state index is -0.266. The first-order chi connectivity index (χ1) is 15.6. The number of hydrogen-bond donors (Lipinski definition) is 1. The van der Waals surface area contributed by atoms with E-state index in [1.54, 1.807) is 25.3 Å². The lowest BCUT2D eigenvalue weighted by Crippen LogP contribution is -2.31. The highest BCUT2D eigenvalue weighted by atomic mass is 19.1. The lowest BCUT2D eigenvalue weighted by Gasteiger charge is -2.24. The van der Waals surface area contributed by atoms with Gasteiger partial charge in [0.25, 0.3) is 0 Å². The number of hydrogen-bond acceptors (Lipinski definition) is 4. The van der Waals surface area contributed by atoms with Crippen LogP contribution in [0.1, 0.15) is 18.0 Å². The van der Waals surface area contributed by atoms with Crippen molar-refractivity contribution < 1.29 is 18.7 Å². The molecule has 0 radical (unpaired) electrons. The number of ether oxygens (including phenoxy) is 2. The zero-order valence-corrected chi connectivity index (χ0v) is 18.0. The molecule has 1 saturated heterocycles. The molecule has 0 bridgehead atoms. The Hall–Kier alpha value is -3.38. The molecule has 3 aromatic carbocycles. The maximum atomic E-state index is 13.5. The van der Waals surface area contributed by atoms with Crippen LogP contribution in [-0.2, 0) is 4.79 Å². The number of anilines is 1. The van der Waals surface area contributed by atoms with E-state index in [4.69, 9.17) is 9.47 Å². The van der Waals surface area contributed by atoms with E-state index in [0.29, 0.717) is 37.6 Å². The smallest absolute Gasteiger partial charge is 0.228 e. The van der Waals surface area contributed by atoms with Crippen molar-refractivity contribution >= 4 is 11.6 Å². The van der Waals surface area contributed by atoms with Crippen LogP contribution in [0.5, 0.6) is 11.5 Å². The van der Waals surface area contributed by atoms with Gasteiger partial charge in [0.05, 0.1) is 13.0 Å². The predicted octanol–water partition coefficient (Wildman–Crippen LogP) is 4.92. The summed E-state index contributed by atoms with van der Waals surface area (Å²) in [4.78, 5) is 15.3. The molecule has 1 amide bonds. The SMILES string of the molecule is COc1cccc(NC(=O)[C@@H]2C[C@@H](c3ccc(F)cc3)N(CCOc3ccccc3)C2)c1. The fourth-order valence-electron chi connectivity index (χ4n) is 4.11. The molecule has 5 nitrogen and oxygen atoms in total. The maximum absolute atomic E-state index is 13.5. The molecule has 6 heteroatoms. The van der Waals surface area contributed by atoms with Gasteiger partial charge in [0.2, 0.25) is 5.91 Å². The molecule has 3 aromatic rings. The van der Waals surface area contributed by atoms with Crippen LogP contribution in [0.15, 0.2) is 78.9 Å². The molecule has 0 aliphatic carbocycles. The van der Waals surface area contributed by atoms with Crippen LogP contribution in [0.25, 0.3) is 0 Å². The Morgan fingerprint density at radius 2 is 1.78 bits per heavy atom. The quantitative estimate of drug-likeness (QED) is 0.547. The van der Waals surface area contributed by atoms with Gasteiger partial charge in [-0.25, -0.2) is 4.39 Å². The third kappa shape index (κ3) is 5.45. The lowest BCUT2D eigenvalue weighted by molar-refractivity contribution is -0.119.